The van der Waals surface area contributed by atoms with Crippen LogP contribution in [0, 0.1) is 5.41 Å². The van der Waals surface area contributed by atoms with Crippen LogP contribution in [-0.4, -0.2) is 11.1 Å². The minimum Gasteiger partial charge on any atom is -0.481 e. The fraction of sp³-hybridized carbons (Fsp3) is 0.562. The highest BCUT2D eigenvalue weighted by molar-refractivity contribution is 5.67. The predicted octanol–water partition coefficient (Wildman–Crippen LogP) is 4.24. The van der Waals surface area contributed by atoms with E-state index >= 15 is 0 Å². The van der Waals surface area contributed by atoms with Gasteiger partial charge < -0.3 is 5.11 Å². The largest absolute Gasteiger partial charge is 0.481 e. The summed E-state index contributed by atoms with van der Waals surface area (Å²) < 4.78 is 0. The van der Waals surface area contributed by atoms with Gasteiger partial charge in [0.2, 0.25) is 0 Å². The number of benzene rings is 1. The first kappa shape index (κ1) is 14.7. The Kier molecular flexibility index (Phi) is 4.94. The Labute approximate surface area is 110 Å². The van der Waals surface area contributed by atoms with Gasteiger partial charge in [0.25, 0.3) is 0 Å². The van der Waals surface area contributed by atoms with Crippen LogP contribution in [0.5, 0.6) is 0 Å². The zero-order valence-electron chi connectivity index (χ0n) is 11.9. The van der Waals surface area contributed by atoms with Crippen molar-refractivity contribution < 1.29 is 9.90 Å². The summed E-state index contributed by atoms with van der Waals surface area (Å²) in [5.41, 5.74) is 2.50. The summed E-state index contributed by atoms with van der Waals surface area (Å²) in [6.07, 6.45) is 2.08. The van der Waals surface area contributed by atoms with Crippen molar-refractivity contribution in [1.82, 2.24) is 0 Å². The molecule has 0 atom stereocenters. The Bertz CT molecular complexity index is 388. The normalized spacial score (nSPS) is 11.8. The lowest BCUT2D eigenvalue weighted by atomic mass is 9.83. The van der Waals surface area contributed by atoms with Gasteiger partial charge in [0.15, 0.2) is 0 Å². The van der Waals surface area contributed by atoms with Gasteiger partial charge >= 0.3 is 5.97 Å². The van der Waals surface area contributed by atoms with E-state index < -0.39 is 5.97 Å². The molecule has 0 radical (unpaired) electrons. The molecule has 0 amide bonds. The summed E-state index contributed by atoms with van der Waals surface area (Å²) in [4.78, 5) is 10.7. The lowest BCUT2D eigenvalue weighted by molar-refractivity contribution is -0.139. The predicted molar refractivity (Wildman–Crippen MR) is 74.9 cm³/mol. The number of aliphatic carboxylic acids is 1. The maximum atomic E-state index is 10.7. The van der Waals surface area contributed by atoms with Gasteiger partial charge in [0.05, 0.1) is 6.42 Å². The zero-order valence-corrected chi connectivity index (χ0v) is 11.9. The van der Waals surface area contributed by atoms with Crippen molar-refractivity contribution in [2.45, 2.75) is 52.9 Å². The van der Waals surface area contributed by atoms with Crippen LogP contribution in [0.15, 0.2) is 24.3 Å². The fourth-order valence-corrected chi connectivity index (χ4v) is 2.05. The number of hydrogen-bond acceptors (Lipinski definition) is 1. The van der Waals surface area contributed by atoms with Crippen molar-refractivity contribution in [3.63, 3.8) is 0 Å². The van der Waals surface area contributed by atoms with Crippen LogP contribution >= 0.6 is 0 Å². The smallest absolute Gasteiger partial charge is 0.303 e. The third-order valence-corrected chi connectivity index (χ3v) is 3.37. The molecule has 2 nitrogen and oxygen atoms in total. The summed E-state index contributed by atoms with van der Waals surface area (Å²) in [6.45, 7) is 8.41. The molecule has 2 heteroatoms. The Morgan fingerprint density at radius 1 is 1.22 bits per heavy atom. The molecular formula is C16H24O2. The summed E-state index contributed by atoms with van der Waals surface area (Å²) >= 11 is 0. The number of rotatable bonds is 6. The molecular weight excluding hydrogens is 224 g/mol. The maximum Gasteiger partial charge on any atom is 0.303 e. The molecule has 0 aromatic heterocycles. The lowest BCUT2D eigenvalue weighted by Crippen LogP contribution is -2.17. The molecule has 0 unspecified atom stereocenters. The van der Waals surface area contributed by atoms with Crippen LogP contribution in [0.25, 0.3) is 0 Å². The van der Waals surface area contributed by atoms with Crippen LogP contribution in [0.3, 0.4) is 0 Å². The topological polar surface area (TPSA) is 37.3 Å². The van der Waals surface area contributed by atoms with Crippen molar-refractivity contribution in [2.24, 2.45) is 5.41 Å². The SMILES string of the molecule is CC(C)c1ccc(CCC(C)(C)CC(=O)O)cc1. The van der Waals surface area contributed by atoms with Gasteiger partial charge in [0, 0.05) is 0 Å². The highest BCUT2D eigenvalue weighted by atomic mass is 16.4. The molecule has 0 aliphatic carbocycles. The minimum absolute atomic E-state index is 0.136. The number of carboxylic acids is 1. The molecule has 0 saturated carbocycles. The van der Waals surface area contributed by atoms with Crippen molar-refractivity contribution in [1.29, 1.82) is 0 Å². The average Bonchev–Trinajstić information content (AvgIpc) is 2.25. The van der Waals surface area contributed by atoms with Gasteiger partial charge in [0.1, 0.15) is 0 Å². The standard InChI is InChI=1S/C16H24O2/c1-12(2)14-7-5-13(6-8-14)9-10-16(3,4)11-15(17)18/h5-8,12H,9-11H2,1-4H3,(H,17,18). The van der Waals surface area contributed by atoms with E-state index in [0.717, 1.165) is 12.8 Å². The molecule has 18 heavy (non-hydrogen) atoms. The van der Waals surface area contributed by atoms with E-state index in [9.17, 15) is 4.79 Å². The van der Waals surface area contributed by atoms with Crippen molar-refractivity contribution >= 4 is 5.97 Å². The second-order valence-electron chi connectivity index (χ2n) is 6.13. The van der Waals surface area contributed by atoms with Gasteiger partial charge in [-0.3, -0.25) is 4.79 Å². The number of carboxylic acid groups (broad SMARTS) is 1. The first-order chi connectivity index (χ1) is 8.30. The third kappa shape index (κ3) is 4.91. The number of carbonyl (C=O) groups is 1. The van der Waals surface area contributed by atoms with Gasteiger partial charge in [-0.05, 0) is 35.3 Å². The van der Waals surface area contributed by atoms with E-state index in [2.05, 4.69) is 38.1 Å². The summed E-state index contributed by atoms with van der Waals surface area (Å²) in [7, 11) is 0. The van der Waals surface area contributed by atoms with Gasteiger partial charge in [-0.15, -0.1) is 0 Å². The molecule has 0 aliphatic rings. The van der Waals surface area contributed by atoms with E-state index in [-0.39, 0.29) is 11.8 Å². The molecule has 100 valence electrons. The monoisotopic (exact) mass is 248 g/mol. The molecule has 0 bridgehead atoms. The minimum atomic E-state index is -0.713. The van der Waals surface area contributed by atoms with Crippen molar-refractivity contribution in [2.75, 3.05) is 0 Å². The molecule has 1 aromatic rings. The highest BCUT2D eigenvalue weighted by Gasteiger charge is 2.21. The van der Waals surface area contributed by atoms with Crippen LogP contribution < -0.4 is 0 Å². The molecule has 0 aliphatic heterocycles. The van der Waals surface area contributed by atoms with Gasteiger partial charge in [-0.2, -0.15) is 0 Å². The summed E-state index contributed by atoms with van der Waals surface area (Å²) in [5, 5.41) is 8.84. The first-order valence-electron chi connectivity index (χ1n) is 6.61. The second-order valence-corrected chi connectivity index (χ2v) is 6.13. The average molecular weight is 248 g/mol. The zero-order chi connectivity index (χ0) is 13.8. The van der Waals surface area contributed by atoms with Gasteiger partial charge in [-0.25, -0.2) is 0 Å². The third-order valence-electron chi connectivity index (χ3n) is 3.37. The Balaban J connectivity index is 2.55. The lowest BCUT2D eigenvalue weighted by Gasteiger charge is -2.22. The highest BCUT2D eigenvalue weighted by Crippen LogP contribution is 2.27. The van der Waals surface area contributed by atoms with Crippen molar-refractivity contribution in [3.8, 4) is 0 Å². The molecule has 1 rings (SSSR count). The Morgan fingerprint density at radius 3 is 2.22 bits per heavy atom. The summed E-state index contributed by atoms with van der Waals surface area (Å²) in [6, 6.07) is 8.66. The van der Waals surface area contributed by atoms with E-state index in [0.29, 0.717) is 5.92 Å². The molecule has 0 spiro atoms. The van der Waals surface area contributed by atoms with E-state index in [1.165, 1.54) is 11.1 Å². The van der Waals surface area contributed by atoms with E-state index in [1.807, 2.05) is 13.8 Å². The van der Waals surface area contributed by atoms with Crippen LogP contribution in [0.2, 0.25) is 0 Å². The van der Waals surface area contributed by atoms with Crippen LogP contribution in [0.4, 0.5) is 0 Å². The van der Waals surface area contributed by atoms with Crippen molar-refractivity contribution in [3.05, 3.63) is 35.4 Å². The molecule has 0 heterocycles. The van der Waals surface area contributed by atoms with E-state index in [4.69, 9.17) is 5.11 Å². The molecule has 0 fully saturated rings. The van der Waals surface area contributed by atoms with Gasteiger partial charge in [-0.1, -0.05) is 52.0 Å². The van der Waals surface area contributed by atoms with Crippen LogP contribution in [-0.2, 0) is 11.2 Å². The molecule has 0 saturated heterocycles. The fourth-order valence-electron chi connectivity index (χ4n) is 2.05. The number of hydrogen-bond donors (Lipinski definition) is 1. The maximum absolute atomic E-state index is 10.7. The number of aryl methyl sites for hydroxylation is 1. The van der Waals surface area contributed by atoms with Crippen LogP contribution in [0.1, 0.15) is 57.6 Å². The second kappa shape index (κ2) is 6.03. The molecule has 1 aromatic carbocycles. The Hall–Kier alpha value is -1.31. The van der Waals surface area contributed by atoms with E-state index in [1.54, 1.807) is 0 Å². The molecule has 1 N–H and O–H groups in total. The quantitative estimate of drug-likeness (QED) is 0.817. The first-order valence-corrected chi connectivity index (χ1v) is 6.61. The summed E-state index contributed by atoms with van der Waals surface area (Å²) in [5.74, 6) is -0.155. The Morgan fingerprint density at radius 2 is 1.78 bits per heavy atom.